The number of amides is 1. The summed E-state index contributed by atoms with van der Waals surface area (Å²) < 4.78 is 5.39. The smallest absolute Gasteiger partial charge is 0.255 e. The first kappa shape index (κ1) is 12.2. The Kier molecular flexibility index (Phi) is 2.87. The van der Waals surface area contributed by atoms with Gasteiger partial charge in [0.2, 0.25) is 0 Å². The Balaban J connectivity index is 1.84. The van der Waals surface area contributed by atoms with Gasteiger partial charge in [0, 0.05) is 23.9 Å². The number of benzene rings is 2. The lowest BCUT2D eigenvalue weighted by Gasteiger charge is -2.05. The Morgan fingerprint density at radius 3 is 2.70 bits per heavy atom. The van der Waals surface area contributed by atoms with Crippen molar-refractivity contribution in [3.8, 4) is 0 Å². The van der Waals surface area contributed by atoms with E-state index in [0.29, 0.717) is 28.4 Å². The van der Waals surface area contributed by atoms with Crippen molar-refractivity contribution in [1.82, 2.24) is 4.98 Å². The topological polar surface area (TPSA) is 81.2 Å². The molecule has 5 nitrogen and oxygen atoms in total. The number of nitrogens with one attached hydrogen (secondary N) is 1. The van der Waals surface area contributed by atoms with E-state index in [-0.39, 0.29) is 5.91 Å². The van der Waals surface area contributed by atoms with Crippen LogP contribution in [0.4, 0.5) is 11.4 Å². The third-order valence-corrected chi connectivity index (χ3v) is 2.93. The minimum Gasteiger partial charge on any atom is -0.441 e. The first-order chi connectivity index (χ1) is 9.61. The molecule has 3 rings (SSSR count). The fourth-order valence-corrected chi connectivity index (χ4v) is 1.96. The minimum atomic E-state index is -0.190. The highest BCUT2D eigenvalue weighted by Crippen LogP contribution is 2.20. The van der Waals surface area contributed by atoms with Gasteiger partial charge in [0.25, 0.3) is 5.91 Å². The van der Waals surface area contributed by atoms with Crippen LogP contribution >= 0.6 is 0 Å². The molecule has 0 aliphatic carbocycles. The molecule has 0 bridgehead atoms. The van der Waals surface area contributed by atoms with E-state index < -0.39 is 0 Å². The Labute approximate surface area is 115 Å². The summed E-state index contributed by atoms with van der Waals surface area (Å²) in [7, 11) is 0. The van der Waals surface area contributed by atoms with Crippen LogP contribution < -0.4 is 11.1 Å². The monoisotopic (exact) mass is 267 g/mol. The quantitative estimate of drug-likeness (QED) is 0.699. The molecule has 0 radical (unpaired) electrons. The Morgan fingerprint density at radius 2 is 1.95 bits per heavy atom. The lowest BCUT2D eigenvalue weighted by Crippen LogP contribution is -2.11. The van der Waals surface area contributed by atoms with E-state index in [2.05, 4.69) is 10.3 Å². The van der Waals surface area contributed by atoms with Crippen molar-refractivity contribution in [1.29, 1.82) is 0 Å². The van der Waals surface area contributed by atoms with Gasteiger partial charge in [-0.1, -0.05) is 0 Å². The molecular weight excluding hydrogens is 254 g/mol. The third kappa shape index (κ3) is 2.33. The molecule has 3 N–H and O–H groups in total. The van der Waals surface area contributed by atoms with Crippen molar-refractivity contribution in [2.24, 2.45) is 0 Å². The number of hydrogen-bond donors (Lipinski definition) is 2. The summed E-state index contributed by atoms with van der Waals surface area (Å²) in [4.78, 5) is 16.3. The second-order valence-electron chi connectivity index (χ2n) is 4.49. The maximum Gasteiger partial charge on any atom is 0.255 e. The van der Waals surface area contributed by atoms with Gasteiger partial charge in [-0.25, -0.2) is 4.98 Å². The van der Waals surface area contributed by atoms with E-state index >= 15 is 0 Å². The second-order valence-corrected chi connectivity index (χ2v) is 4.49. The van der Waals surface area contributed by atoms with Crippen LogP contribution in [0.25, 0.3) is 11.1 Å². The number of carbonyl (C=O) groups excluding carboxylic acids is 1. The lowest BCUT2D eigenvalue weighted by atomic mass is 10.2. The molecule has 0 unspecified atom stereocenters. The molecule has 0 aliphatic heterocycles. The fraction of sp³-hybridized carbons (Fsp3) is 0.0667. The predicted molar refractivity (Wildman–Crippen MR) is 77.6 cm³/mol. The Morgan fingerprint density at radius 1 is 1.20 bits per heavy atom. The maximum absolute atomic E-state index is 12.1. The molecule has 0 atom stereocenters. The predicted octanol–water partition coefficient (Wildman–Crippen LogP) is 2.97. The summed E-state index contributed by atoms with van der Waals surface area (Å²) in [5.74, 6) is 0.409. The molecule has 0 saturated carbocycles. The van der Waals surface area contributed by atoms with Crippen LogP contribution in [0.2, 0.25) is 0 Å². The maximum atomic E-state index is 12.1. The average molecular weight is 267 g/mol. The molecule has 100 valence electrons. The van der Waals surface area contributed by atoms with E-state index in [1.165, 1.54) is 0 Å². The van der Waals surface area contributed by atoms with Crippen LogP contribution in [-0.4, -0.2) is 10.9 Å². The number of fused-ring (bicyclic) bond motifs is 1. The molecular formula is C15H13N3O2. The van der Waals surface area contributed by atoms with Crippen molar-refractivity contribution >= 4 is 28.4 Å². The van der Waals surface area contributed by atoms with Crippen LogP contribution in [0.15, 0.2) is 46.9 Å². The molecule has 3 aromatic rings. The van der Waals surface area contributed by atoms with Crippen molar-refractivity contribution in [3.05, 3.63) is 53.9 Å². The zero-order chi connectivity index (χ0) is 14.1. The summed E-state index contributed by atoms with van der Waals surface area (Å²) in [5, 5.41) is 2.82. The number of aryl methyl sites for hydroxylation is 1. The Hall–Kier alpha value is -2.82. The van der Waals surface area contributed by atoms with Crippen LogP contribution in [0, 0.1) is 6.92 Å². The summed E-state index contributed by atoms with van der Waals surface area (Å²) in [6.07, 6.45) is 0. The van der Waals surface area contributed by atoms with Gasteiger partial charge in [-0.05, 0) is 42.5 Å². The van der Waals surface area contributed by atoms with Crippen LogP contribution in [-0.2, 0) is 0 Å². The molecule has 0 fully saturated rings. The summed E-state index contributed by atoms with van der Waals surface area (Å²) in [5.41, 5.74) is 8.87. The van der Waals surface area contributed by atoms with Crippen LogP contribution in [0.3, 0.4) is 0 Å². The third-order valence-electron chi connectivity index (χ3n) is 2.93. The van der Waals surface area contributed by atoms with Crippen molar-refractivity contribution in [2.75, 3.05) is 11.1 Å². The average Bonchev–Trinajstić information content (AvgIpc) is 2.78. The number of aromatic nitrogens is 1. The molecule has 20 heavy (non-hydrogen) atoms. The highest BCUT2D eigenvalue weighted by Gasteiger charge is 2.08. The van der Waals surface area contributed by atoms with E-state index in [4.69, 9.17) is 10.2 Å². The van der Waals surface area contributed by atoms with Crippen LogP contribution in [0.5, 0.6) is 0 Å². The standard InChI is InChI=1S/C15H13N3O2/c1-9-17-13-8-12(6-7-14(13)20-9)18-15(19)10-2-4-11(16)5-3-10/h2-8H,16H2,1H3,(H,18,19). The van der Waals surface area contributed by atoms with Gasteiger partial charge >= 0.3 is 0 Å². The van der Waals surface area contributed by atoms with Crippen molar-refractivity contribution < 1.29 is 9.21 Å². The number of nitrogen functional groups attached to an aromatic ring is 1. The summed E-state index contributed by atoms with van der Waals surface area (Å²) >= 11 is 0. The zero-order valence-corrected chi connectivity index (χ0v) is 10.9. The number of nitrogens with zero attached hydrogens (tertiary/aromatic N) is 1. The highest BCUT2D eigenvalue weighted by atomic mass is 16.3. The summed E-state index contributed by atoms with van der Waals surface area (Å²) in [6.45, 7) is 1.78. The molecule has 5 heteroatoms. The number of carbonyl (C=O) groups is 1. The van der Waals surface area contributed by atoms with E-state index in [9.17, 15) is 4.79 Å². The lowest BCUT2D eigenvalue weighted by molar-refractivity contribution is 0.102. The van der Waals surface area contributed by atoms with E-state index in [1.807, 2.05) is 0 Å². The molecule has 0 spiro atoms. The first-order valence-corrected chi connectivity index (χ1v) is 6.16. The number of hydrogen-bond acceptors (Lipinski definition) is 4. The largest absolute Gasteiger partial charge is 0.441 e. The number of rotatable bonds is 2. The van der Waals surface area contributed by atoms with Gasteiger partial charge in [-0.2, -0.15) is 0 Å². The molecule has 1 amide bonds. The van der Waals surface area contributed by atoms with Gasteiger partial charge in [-0.15, -0.1) is 0 Å². The van der Waals surface area contributed by atoms with Crippen LogP contribution in [0.1, 0.15) is 16.2 Å². The molecule has 0 aliphatic rings. The zero-order valence-electron chi connectivity index (χ0n) is 10.9. The second kappa shape index (κ2) is 4.70. The van der Waals surface area contributed by atoms with Gasteiger partial charge in [0.15, 0.2) is 11.5 Å². The summed E-state index contributed by atoms with van der Waals surface area (Å²) in [6, 6.07) is 12.1. The fourth-order valence-electron chi connectivity index (χ4n) is 1.96. The molecule has 2 aromatic carbocycles. The van der Waals surface area contributed by atoms with Crippen molar-refractivity contribution in [2.45, 2.75) is 6.92 Å². The number of oxazole rings is 1. The van der Waals surface area contributed by atoms with Gasteiger partial charge in [0.05, 0.1) is 0 Å². The molecule has 1 heterocycles. The Bertz CT molecular complexity index is 775. The first-order valence-electron chi connectivity index (χ1n) is 6.16. The molecule has 1 aromatic heterocycles. The van der Waals surface area contributed by atoms with Gasteiger partial charge < -0.3 is 15.5 Å². The normalized spacial score (nSPS) is 10.7. The van der Waals surface area contributed by atoms with E-state index in [0.717, 1.165) is 5.52 Å². The molecule has 0 saturated heterocycles. The van der Waals surface area contributed by atoms with Gasteiger partial charge in [0.1, 0.15) is 5.52 Å². The highest BCUT2D eigenvalue weighted by molar-refractivity contribution is 6.05. The van der Waals surface area contributed by atoms with Gasteiger partial charge in [-0.3, -0.25) is 4.79 Å². The van der Waals surface area contributed by atoms with Crippen molar-refractivity contribution in [3.63, 3.8) is 0 Å². The van der Waals surface area contributed by atoms with E-state index in [1.54, 1.807) is 49.4 Å². The number of nitrogens with two attached hydrogens (primary N) is 1. The minimum absolute atomic E-state index is 0.190. The number of anilines is 2. The SMILES string of the molecule is Cc1nc2cc(NC(=O)c3ccc(N)cc3)ccc2o1.